The van der Waals surface area contributed by atoms with Crippen molar-refractivity contribution < 1.29 is 31.2 Å². The Balaban J connectivity index is 1.67. The topological polar surface area (TPSA) is 80.2 Å². The van der Waals surface area contributed by atoms with E-state index in [9.17, 15) is 26.5 Å². The Hall–Kier alpha value is -2.89. The van der Waals surface area contributed by atoms with Crippen molar-refractivity contribution in [1.29, 1.82) is 5.41 Å². The van der Waals surface area contributed by atoms with Gasteiger partial charge in [0.1, 0.15) is 11.6 Å². The second-order valence-electron chi connectivity index (χ2n) is 8.97. The molecule has 0 aromatic heterocycles. The highest BCUT2D eigenvalue weighted by molar-refractivity contribution is 7.93. The summed E-state index contributed by atoms with van der Waals surface area (Å²) >= 11 is -1.95. The van der Waals surface area contributed by atoms with E-state index in [4.69, 9.17) is 10.1 Å². The van der Waals surface area contributed by atoms with Gasteiger partial charge in [0.25, 0.3) is 0 Å². The first-order valence-electron chi connectivity index (χ1n) is 11.7. The maximum atomic E-state index is 13.8. The molecule has 0 spiro atoms. The maximum absolute atomic E-state index is 13.8. The molecule has 5 nitrogen and oxygen atoms in total. The van der Waals surface area contributed by atoms with E-state index in [1.165, 1.54) is 18.2 Å². The monoisotopic (exact) mass is 539 g/mol. The van der Waals surface area contributed by atoms with E-state index in [0.29, 0.717) is 29.9 Å². The third-order valence-electron chi connectivity index (χ3n) is 6.32. The van der Waals surface area contributed by atoms with E-state index in [1.807, 2.05) is 0 Å². The molecule has 4 rings (SSSR count). The number of allylic oxidation sites excluding steroid dienone is 2. The molecular formula is C26H26F5N3O2S. The molecule has 1 aliphatic carbocycles. The molecule has 37 heavy (non-hydrogen) atoms. The minimum Gasteiger partial charge on any atom is -0.593 e. The van der Waals surface area contributed by atoms with Crippen molar-refractivity contribution in [2.75, 3.05) is 17.9 Å². The van der Waals surface area contributed by atoms with Gasteiger partial charge in [0.05, 0.1) is 35.6 Å². The maximum Gasteiger partial charge on any atom is 0.392 e. The molecule has 11 heteroatoms. The largest absolute Gasteiger partial charge is 0.593 e. The van der Waals surface area contributed by atoms with Gasteiger partial charge in [0, 0.05) is 42.6 Å². The molecule has 2 aromatic rings. The van der Waals surface area contributed by atoms with Crippen molar-refractivity contribution in [1.82, 2.24) is 5.32 Å². The Kier molecular flexibility index (Phi) is 8.56. The SMILES string of the molecule is N=C/C(=C\NC1CCOC1)c1ccc(-c2cc(F)cc(F)c2)cc1N[S+]([O-])C1C=CCC(C(F)(F)F)C1. The van der Waals surface area contributed by atoms with Gasteiger partial charge in [0.15, 0.2) is 5.25 Å². The summed E-state index contributed by atoms with van der Waals surface area (Å²) in [5.41, 5.74) is 1.74. The summed E-state index contributed by atoms with van der Waals surface area (Å²) in [6.07, 6.45) is 1.49. The summed E-state index contributed by atoms with van der Waals surface area (Å²) in [7, 11) is 0. The van der Waals surface area contributed by atoms with Crippen LogP contribution in [0.25, 0.3) is 16.7 Å². The number of hydrogen-bond acceptors (Lipinski definition) is 5. The summed E-state index contributed by atoms with van der Waals surface area (Å²) in [5, 5.41) is 10.2. The average molecular weight is 540 g/mol. The van der Waals surface area contributed by atoms with Crippen LogP contribution in [0.1, 0.15) is 24.8 Å². The highest BCUT2D eigenvalue weighted by atomic mass is 32.2. The molecule has 1 aliphatic heterocycles. The number of benzene rings is 2. The van der Waals surface area contributed by atoms with Gasteiger partial charge in [-0.1, -0.05) is 18.2 Å². The summed E-state index contributed by atoms with van der Waals surface area (Å²) in [4.78, 5) is 0. The van der Waals surface area contributed by atoms with E-state index in [-0.39, 0.29) is 30.1 Å². The van der Waals surface area contributed by atoms with Gasteiger partial charge in [0.2, 0.25) is 0 Å². The smallest absolute Gasteiger partial charge is 0.392 e. The van der Waals surface area contributed by atoms with Crippen molar-refractivity contribution in [2.24, 2.45) is 5.92 Å². The third-order valence-corrected chi connectivity index (χ3v) is 7.64. The lowest BCUT2D eigenvalue weighted by molar-refractivity contribution is -0.175. The zero-order valence-electron chi connectivity index (χ0n) is 19.7. The molecule has 0 bridgehead atoms. The second kappa shape index (κ2) is 11.7. The number of nitrogens with one attached hydrogen (secondary N) is 3. The van der Waals surface area contributed by atoms with Crippen molar-refractivity contribution in [3.63, 3.8) is 0 Å². The van der Waals surface area contributed by atoms with E-state index >= 15 is 0 Å². The second-order valence-corrected chi connectivity index (χ2v) is 10.4. The van der Waals surface area contributed by atoms with Crippen LogP contribution in [0, 0.1) is 23.0 Å². The first kappa shape index (κ1) is 27.2. The van der Waals surface area contributed by atoms with Gasteiger partial charge < -0.3 is 20.0 Å². The van der Waals surface area contributed by atoms with Crippen LogP contribution in [0.2, 0.25) is 0 Å². The van der Waals surface area contributed by atoms with Crippen LogP contribution in [0.3, 0.4) is 0 Å². The molecule has 1 saturated heterocycles. The normalized spacial score (nSPS) is 23.1. The zero-order chi connectivity index (χ0) is 26.6. The third kappa shape index (κ3) is 6.91. The van der Waals surface area contributed by atoms with E-state index in [2.05, 4.69) is 10.0 Å². The fourth-order valence-electron chi connectivity index (χ4n) is 4.31. The molecule has 198 valence electrons. The molecule has 1 fully saturated rings. The van der Waals surface area contributed by atoms with Crippen molar-refractivity contribution >= 4 is 28.8 Å². The van der Waals surface area contributed by atoms with Gasteiger partial charge in [-0.3, -0.25) is 0 Å². The Morgan fingerprint density at radius 3 is 2.51 bits per heavy atom. The number of hydrogen-bond donors (Lipinski definition) is 3. The molecule has 3 N–H and O–H groups in total. The van der Waals surface area contributed by atoms with Crippen LogP contribution in [0.5, 0.6) is 0 Å². The van der Waals surface area contributed by atoms with E-state index in [0.717, 1.165) is 30.8 Å². The molecule has 0 saturated carbocycles. The minimum atomic E-state index is -4.40. The van der Waals surface area contributed by atoms with Crippen LogP contribution >= 0.6 is 0 Å². The molecule has 2 aliphatic rings. The van der Waals surface area contributed by atoms with Crippen LogP contribution in [-0.2, 0) is 16.1 Å². The van der Waals surface area contributed by atoms with Crippen LogP contribution in [0.15, 0.2) is 54.8 Å². The fourth-order valence-corrected chi connectivity index (χ4v) is 5.51. The zero-order valence-corrected chi connectivity index (χ0v) is 20.5. The van der Waals surface area contributed by atoms with E-state index in [1.54, 1.807) is 18.3 Å². The lowest BCUT2D eigenvalue weighted by atomic mass is 9.94. The Bertz CT molecular complexity index is 1160. The predicted octanol–water partition coefficient (Wildman–Crippen LogP) is 5.97. The van der Waals surface area contributed by atoms with Crippen molar-refractivity contribution in [3.8, 4) is 11.1 Å². The van der Waals surface area contributed by atoms with Gasteiger partial charge in [-0.15, -0.1) is 0 Å². The number of ether oxygens (including phenoxy) is 1. The van der Waals surface area contributed by atoms with Crippen molar-refractivity contribution in [3.05, 3.63) is 71.9 Å². The number of rotatable bonds is 8. The van der Waals surface area contributed by atoms with Crippen LogP contribution < -0.4 is 10.0 Å². The lowest BCUT2D eigenvalue weighted by Crippen LogP contribution is -2.35. The minimum absolute atomic E-state index is 0.0571. The molecule has 1 heterocycles. The fraction of sp³-hybridized carbons (Fsp3) is 0.346. The summed E-state index contributed by atoms with van der Waals surface area (Å²) in [6, 6.07) is 7.82. The first-order chi connectivity index (χ1) is 17.6. The highest BCUT2D eigenvalue weighted by Crippen LogP contribution is 2.38. The van der Waals surface area contributed by atoms with Gasteiger partial charge in [-0.2, -0.15) is 13.2 Å². The quantitative estimate of drug-likeness (QED) is 0.167. The lowest BCUT2D eigenvalue weighted by Gasteiger charge is -2.28. The molecule has 0 amide bonds. The molecule has 0 radical (unpaired) electrons. The Labute approximate surface area is 214 Å². The van der Waals surface area contributed by atoms with Gasteiger partial charge in [-0.25, -0.2) is 13.5 Å². The molecular weight excluding hydrogens is 513 g/mol. The van der Waals surface area contributed by atoms with Crippen LogP contribution in [-0.4, -0.2) is 41.4 Å². The molecule has 4 unspecified atom stereocenters. The van der Waals surface area contributed by atoms with Gasteiger partial charge >= 0.3 is 6.18 Å². The average Bonchev–Trinajstić information content (AvgIpc) is 3.38. The summed E-state index contributed by atoms with van der Waals surface area (Å²) in [5.74, 6) is -3.14. The summed E-state index contributed by atoms with van der Waals surface area (Å²) < 4.78 is 88.9. The van der Waals surface area contributed by atoms with Gasteiger partial charge in [-0.05, 0) is 48.2 Å². The Morgan fingerprint density at radius 2 is 1.86 bits per heavy atom. The van der Waals surface area contributed by atoms with E-state index < -0.39 is 40.3 Å². The Morgan fingerprint density at radius 1 is 1.11 bits per heavy atom. The standard InChI is InChI=1S/C26H26F5N3O2S/c27-20-8-17(9-21(28)12-20)16-4-5-24(18(13-32)14-33-22-6-7-36-15-22)25(10-16)34-37(35)23-3-1-2-19(11-23)26(29,30)31/h1,3-5,8-10,12-14,19,22-23,32-34H,2,6-7,11,15H2/b18-14+,32-13?. The molecule has 2 aromatic carbocycles. The number of anilines is 1. The van der Waals surface area contributed by atoms with Crippen molar-refractivity contribution in [2.45, 2.75) is 36.7 Å². The molecule has 4 atom stereocenters. The number of halogens is 5. The summed E-state index contributed by atoms with van der Waals surface area (Å²) in [6.45, 7) is 1.12. The number of alkyl halides is 3. The first-order valence-corrected chi connectivity index (χ1v) is 12.9. The predicted molar refractivity (Wildman–Crippen MR) is 134 cm³/mol. The van der Waals surface area contributed by atoms with Crippen LogP contribution in [0.4, 0.5) is 27.6 Å². The highest BCUT2D eigenvalue weighted by Gasteiger charge is 2.43.